The summed E-state index contributed by atoms with van der Waals surface area (Å²) in [4.78, 5) is 12.4. The molecule has 0 saturated heterocycles. The number of rotatable bonds is 5. The van der Waals surface area contributed by atoms with Gasteiger partial charge in [0, 0.05) is 18.7 Å². The zero-order valence-electron chi connectivity index (χ0n) is 16.6. The Bertz CT molecular complexity index is 1260. The maximum Gasteiger partial charge on any atom is 0.254 e. The molecule has 8 heteroatoms. The summed E-state index contributed by atoms with van der Waals surface area (Å²) in [6.07, 6.45) is 1.40. The van der Waals surface area contributed by atoms with Gasteiger partial charge in [-0.1, -0.05) is 18.2 Å². The van der Waals surface area contributed by atoms with Gasteiger partial charge in [0.1, 0.15) is 23.5 Å². The topological polar surface area (TPSA) is 72.5 Å². The van der Waals surface area contributed by atoms with Crippen molar-refractivity contribution in [3.8, 4) is 16.9 Å². The summed E-state index contributed by atoms with van der Waals surface area (Å²) in [7, 11) is -3.25. The molecule has 0 saturated carbocycles. The minimum absolute atomic E-state index is 0.169. The van der Waals surface area contributed by atoms with Gasteiger partial charge in [-0.3, -0.25) is 4.79 Å². The van der Waals surface area contributed by atoms with Crippen molar-refractivity contribution >= 4 is 15.7 Å². The number of benzene rings is 3. The number of nitrogens with one attached hydrogen (secondary N) is 1. The molecule has 0 fully saturated rings. The van der Waals surface area contributed by atoms with Crippen molar-refractivity contribution < 1.29 is 26.7 Å². The van der Waals surface area contributed by atoms with Crippen LogP contribution < -0.4 is 10.1 Å². The number of carbonyl (C=O) groups excluding carboxylic acids is 1. The van der Waals surface area contributed by atoms with Gasteiger partial charge in [0.15, 0.2) is 9.84 Å². The first kappa shape index (κ1) is 21.0. The van der Waals surface area contributed by atoms with E-state index in [2.05, 4.69) is 5.32 Å². The third-order valence-corrected chi connectivity index (χ3v) is 6.21. The average Bonchev–Trinajstić information content (AvgIpc) is 3.13. The van der Waals surface area contributed by atoms with Gasteiger partial charge in [-0.05, 0) is 53.1 Å². The number of halogens is 2. The van der Waals surface area contributed by atoms with Gasteiger partial charge in [0.05, 0.1) is 17.0 Å². The number of ether oxygens (including phenoxy) is 1. The lowest BCUT2D eigenvalue weighted by atomic mass is 10.0. The number of hydrogen-bond acceptors (Lipinski definition) is 4. The van der Waals surface area contributed by atoms with Crippen LogP contribution in [0, 0.1) is 11.6 Å². The van der Waals surface area contributed by atoms with E-state index in [1.807, 2.05) is 18.2 Å². The van der Waals surface area contributed by atoms with Gasteiger partial charge in [0.25, 0.3) is 5.91 Å². The van der Waals surface area contributed by atoms with E-state index >= 15 is 0 Å². The second kappa shape index (κ2) is 8.11. The molecule has 0 aromatic heterocycles. The maximum absolute atomic E-state index is 13.7. The molecule has 0 radical (unpaired) electrons. The van der Waals surface area contributed by atoms with Crippen molar-refractivity contribution in [3.63, 3.8) is 0 Å². The highest BCUT2D eigenvalue weighted by Crippen LogP contribution is 2.33. The summed E-state index contributed by atoms with van der Waals surface area (Å²) < 4.78 is 55.8. The Labute approximate surface area is 178 Å². The van der Waals surface area contributed by atoms with Gasteiger partial charge in [-0.25, -0.2) is 17.2 Å². The molecule has 0 unspecified atom stereocenters. The van der Waals surface area contributed by atoms with Crippen LogP contribution in [0.15, 0.2) is 65.6 Å². The smallest absolute Gasteiger partial charge is 0.254 e. The van der Waals surface area contributed by atoms with Crippen LogP contribution >= 0.6 is 0 Å². The van der Waals surface area contributed by atoms with Crippen LogP contribution in [0.1, 0.15) is 15.9 Å². The van der Waals surface area contributed by atoms with Crippen molar-refractivity contribution in [2.75, 3.05) is 12.8 Å². The molecule has 0 aliphatic carbocycles. The first-order chi connectivity index (χ1) is 14.7. The molecular weight excluding hydrogens is 424 g/mol. The predicted molar refractivity (Wildman–Crippen MR) is 112 cm³/mol. The Kier molecular flexibility index (Phi) is 5.49. The monoisotopic (exact) mass is 443 g/mol. The summed E-state index contributed by atoms with van der Waals surface area (Å²) >= 11 is 0. The van der Waals surface area contributed by atoms with Crippen molar-refractivity contribution in [2.24, 2.45) is 0 Å². The highest BCUT2D eigenvalue weighted by atomic mass is 32.2. The molecule has 0 bridgehead atoms. The molecule has 1 N–H and O–H groups in total. The van der Waals surface area contributed by atoms with E-state index < -0.39 is 27.4 Å². The number of fused-ring (bicyclic) bond motifs is 1. The zero-order valence-corrected chi connectivity index (χ0v) is 17.4. The summed E-state index contributed by atoms with van der Waals surface area (Å²) in [5.74, 6) is -1.60. The lowest BCUT2D eigenvalue weighted by Gasteiger charge is -2.12. The molecule has 5 nitrogen and oxygen atoms in total. The normalized spacial score (nSPS) is 15.3. The highest BCUT2D eigenvalue weighted by molar-refractivity contribution is 7.90. The fraction of sp³-hybridized carbons (Fsp3) is 0.174. The van der Waals surface area contributed by atoms with Gasteiger partial charge < -0.3 is 10.1 Å². The standard InChI is InChI=1S/C23H19F2NO4S/c1-31(28,29)19-6-2-14(3-7-19)15-4-9-22-16(10-15)11-18(30-22)13-26-23(27)20-8-5-17(24)12-21(20)25/h2-10,12,18H,11,13H2,1H3,(H,26,27)/t18-/m1/s1. The Balaban J connectivity index is 1.42. The van der Waals surface area contributed by atoms with Crippen LogP contribution in [0.4, 0.5) is 8.78 Å². The SMILES string of the molecule is CS(=O)(=O)c1ccc(-c2ccc3c(c2)C[C@H](CNC(=O)c2ccc(F)cc2F)O3)cc1. The molecule has 3 aromatic carbocycles. The van der Waals surface area contributed by atoms with Crippen molar-refractivity contribution in [2.45, 2.75) is 17.4 Å². The van der Waals surface area contributed by atoms with Crippen LogP contribution in [0.3, 0.4) is 0 Å². The quantitative estimate of drug-likeness (QED) is 0.652. The lowest BCUT2D eigenvalue weighted by molar-refractivity contribution is 0.0929. The minimum atomic E-state index is -3.25. The van der Waals surface area contributed by atoms with Gasteiger partial charge in [-0.2, -0.15) is 0 Å². The number of carbonyl (C=O) groups is 1. The van der Waals surface area contributed by atoms with E-state index in [1.165, 1.54) is 0 Å². The molecular formula is C23H19F2NO4S. The van der Waals surface area contributed by atoms with Crippen LogP contribution in [0.2, 0.25) is 0 Å². The van der Waals surface area contributed by atoms with Gasteiger partial charge in [-0.15, -0.1) is 0 Å². The largest absolute Gasteiger partial charge is 0.488 e. The Morgan fingerprint density at radius 1 is 1.03 bits per heavy atom. The first-order valence-electron chi connectivity index (χ1n) is 9.54. The number of sulfone groups is 1. The highest BCUT2D eigenvalue weighted by Gasteiger charge is 2.24. The molecule has 31 heavy (non-hydrogen) atoms. The average molecular weight is 443 g/mol. The summed E-state index contributed by atoms with van der Waals surface area (Å²) in [5, 5.41) is 2.62. The summed E-state index contributed by atoms with van der Waals surface area (Å²) in [6, 6.07) is 15.1. The first-order valence-corrected chi connectivity index (χ1v) is 11.4. The van der Waals surface area contributed by atoms with E-state index in [4.69, 9.17) is 4.74 Å². The Hall–Kier alpha value is -3.26. The fourth-order valence-corrected chi connectivity index (χ4v) is 4.11. The molecule has 1 heterocycles. The second-order valence-electron chi connectivity index (χ2n) is 7.40. The van der Waals surface area contributed by atoms with E-state index in [1.54, 1.807) is 24.3 Å². The third kappa shape index (κ3) is 4.59. The van der Waals surface area contributed by atoms with Crippen LogP contribution in [0.25, 0.3) is 11.1 Å². The maximum atomic E-state index is 13.7. The van der Waals surface area contributed by atoms with Crippen LogP contribution in [-0.4, -0.2) is 33.2 Å². The Morgan fingerprint density at radius 3 is 2.42 bits per heavy atom. The number of hydrogen-bond donors (Lipinski definition) is 1. The fourth-order valence-electron chi connectivity index (χ4n) is 3.48. The van der Waals surface area contributed by atoms with E-state index in [0.29, 0.717) is 18.2 Å². The molecule has 1 aliphatic rings. The molecule has 3 aromatic rings. The summed E-state index contributed by atoms with van der Waals surface area (Å²) in [5.41, 5.74) is 2.52. The molecule has 0 spiro atoms. The van der Waals surface area contributed by atoms with E-state index in [9.17, 15) is 22.0 Å². The van der Waals surface area contributed by atoms with Crippen molar-refractivity contribution in [1.29, 1.82) is 0 Å². The molecule has 1 atom stereocenters. The van der Waals surface area contributed by atoms with Crippen molar-refractivity contribution in [1.82, 2.24) is 5.32 Å². The van der Waals surface area contributed by atoms with E-state index in [-0.39, 0.29) is 23.1 Å². The Morgan fingerprint density at radius 2 is 1.74 bits per heavy atom. The molecule has 4 rings (SSSR count). The van der Waals surface area contributed by atoms with Crippen LogP contribution in [-0.2, 0) is 16.3 Å². The molecule has 1 aliphatic heterocycles. The number of amides is 1. The summed E-state index contributed by atoms with van der Waals surface area (Å²) in [6.45, 7) is 0.169. The zero-order chi connectivity index (χ0) is 22.2. The van der Waals surface area contributed by atoms with Crippen molar-refractivity contribution in [3.05, 3.63) is 83.4 Å². The van der Waals surface area contributed by atoms with Gasteiger partial charge in [0.2, 0.25) is 0 Å². The second-order valence-corrected chi connectivity index (χ2v) is 9.41. The lowest BCUT2D eigenvalue weighted by Crippen LogP contribution is -2.34. The third-order valence-electron chi connectivity index (χ3n) is 5.08. The molecule has 160 valence electrons. The predicted octanol–water partition coefficient (Wildman–Crippen LogP) is 3.77. The molecule has 1 amide bonds. The van der Waals surface area contributed by atoms with E-state index in [0.717, 1.165) is 35.1 Å². The van der Waals surface area contributed by atoms with Gasteiger partial charge >= 0.3 is 0 Å². The van der Waals surface area contributed by atoms with Crippen LogP contribution in [0.5, 0.6) is 5.75 Å². The minimum Gasteiger partial charge on any atom is -0.488 e.